The maximum Gasteiger partial charge on any atom is 0.230 e. The molecular formula is C7H12F3NO. The minimum Gasteiger partial charge on any atom is -0.340 e. The number of rotatable bonds is 5. The van der Waals surface area contributed by atoms with Gasteiger partial charge in [-0.1, -0.05) is 0 Å². The van der Waals surface area contributed by atoms with Crippen LogP contribution in [-0.2, 0) is 4.74 Å². The van der Waals surface area contributed by atoms with Gasteiger partial charge in [-0.05, 0) is 0 Å². The minimum atomic E-state index is -1.98. The summed E-state index contributed by atoms with van der Waals surface area (Å²) in [6.45, 7) is 0.236. The highest BCUT2D eigenvalue weighted by atomic mass is 19.2. The van der Waals surface area contributed by atoms with Crippen LogP contribution in [0.15, 0.2) is 0 Å². The summed E-state index contributed by atoms with van der Waals surface area (Å²) in [5, 5.41) is 2.85. The molecular weight excluding hydrogens is 171 g/mol. The molecule has 1 saturated heterocycles. The van der Waals surface area contributed by atoms with Gasteiger partial charge in [0.2, 0.25) is 6.36 Å². The van der Waals surface area contributed by atoms with Crippen molar-refractivity contribution in [1.82, 2.24) is 5.32 Å². The van der Waals surface area contributed by atoms with Gasteiger partial charge in [-0.15, -0.1) is 0 Å². The van der Waals surface area contributed by atoms with Gasteiger partial charge in [-0.2, -0.15) is 0 Å². The smallest absolute Gasteiger partial charge is 0.230 e. The van der Waals surface area contributed by atoms with Gasteiger partial charge in [0, 0.05) is 19.5 Å². The van der Waals surface area contributed by atoms with E-state index in [0.29, 0.717) is 13.1 Å². The van der Waals surface area contributed by atoms with Gasteiger partial charge in [-0.25, -0.2) is 8.78 Å². The van der Waals surface area contributed by atoms with E-state index < -0.39 is 25.6 Å². The zero-order valence-electron chi connectivity index (χ0n) is 6.60. The second-order valence-electron chi connectivity index (χ2n) is 2.76. The fraction of sp³-hybridized carbons (Fsp3) is 1.00. The number of nitrogens with one attached hydrogen (secondary N) is 1. The molecule has 2 atom stereocenters. The normalized spacial score (nSPS) is 23.2. The van der Waals surface area contributed by atoms with Crippen molar-refractivity contribution in [2.24, 2.45) is 0 Å². The van der Waals surface area contributed by atoms with Crippen molar-refractivity contribution in [1.29, 1.82) is 0 Å². The Kier molecular flexibility index (Phi) is 3.81. The molecule has 2 unspecified atom stereocenters. The molecule has 0 aromatic heterocycles. The molecule has 1 aliphatic rings. The maximum atomic E-state index is 12.7. The summed E-state index contributed by atoms with van der Waals surface area (Å²) in [6, 6.07) is 0. The zero-order valence-corrected chi connectivity index (χ0v) is 6.60. The van der Waals surface area contributed by atoms with Gasteiger partial charge in [-0.3, -0.25) is 4.39 Å². The molecule has 0 saturated carbocycles. The van der Waals surface area contributed by atoms with E-state index in [1.54, 1.807) is 0 Å². The van der Waals surface area contributed by atoms with Crippen molar-refractivity contribution in [2.45, 2.75) is 25.1 Å². The van der Waals surface area contributed by atoms with E-state index >= 15 is 0 Å². The largest absolute Gasteiger partial charge is 0.340 e. The molecule has 0 aromatic rings. The van der Waals surface area contributed by atoms with Crippen LogP contribution in [0.3, 0.4) is 0 Å². The lowest BCUT2D eigenvalue weighted by atomic mass is 10.2. The van der Waals surface area contributed by atoms with Crippen molar-refractivity contribution >= 4 is 0 Å². The predicted octanol–water partition coefficient (Wildman–Crippen LogP) is 0.968. The highest BCUT2D eigenvalue weighted by Crippen LogP contribution is 2.13. The molecule has 1 heterocycles. The minimum absolute atomic E-state index is 0.252. The van der Waals surface area contributed by atoms with Gasteiger partial charge in [0.1, 0.15) is 0 Å². The quantitative estimate of drug-likeness (QED) is 0.685. The van der Waals surface area contributed by atoms with Crippen LogP contribution < -0.4 is 5.32 Å². The molecule has 0 amide bonds. The summed E-state index contributed by atoms with van der Waals surface area (Å²) >= 11 is 0. The van der Waals surface area contributed by atoms with Crippen LogP contribution in [0.25, 0.3) is 0 Å². The number of halogens is 3. The van der Waals surface area contributed by atoms with Crippen molar-refractivity contribution in [3.05, 3.63) is 0 Å². The fourth-order valence-electron chi connectivity index (χ4n) is 0.863. The van der Waals surface area contributed by atoms with Crippen LogP contribution in [0.1, 0.15) is 6.42 Å². The Bertz CT molecular complexity index is 132. The molecule has 72 valence electrons. The van der Waals surface area contributed by atoms with E-state index in [0.717, 1.165) is 0 Å². The average Bonchev–Trinajstić information content (AvgIpc) is 1.97. The summed E-state index contributed by atoms with van der Waals surface area (Å²) in [6.07, 6.45) is -4.50. The van der Waals surface area contributed by atoms with Crippen molar-refractivity contribution in [3.63, 3.8) is 0 Å². The highest BCUT2D eigenvalue weighted by molar-refractivity contribution is 4.76. The van der Waals surface area contributed by atoms with E-state index in [9.17, 15) is 13.2 Å². The van der Waals surface area contributed by atoms with Crippen LogP contribution in [0.5, 0.6) is 0 Å². The molecule has 12 heavy (non-hydrogen) atoms. The van der Waals surface area contributed by atoms with Crippen molar-refractivity contribution in [2.75, 3.05) is 19.8 Å². The molecule has 1 rings (SSSR count). The van der Waals surface area contributed by atoms with E-state index in [2.05, 4.69) is 10.1 Å². The third-order valence-corrected chi connectivity index (χ3v) is 1.74. The summed E-state index contributed by atoms with van der Waals surface area (Å²) in [4.78, 5) is 0. The topological polar surface area (TPSA) is 21.3 Å². The van der Waals surface area contributed by atoms with Crippen LogP contribution in [0, 0.1) is 0 Å². The molecule has 0 spiro atoms. The molecule has 0 bridgehead atoms. The lowest BCUT2D eigenvalue weighted by Crippen LogP contribution is -2.50. The van der Waals surface area contributed by atoms with Gasteiger partial charge >= 0.3 is 0 Å². The summed E-state index contributed by atoms with van der Waals surface area (Å²) in [5.41, 5.74) is 0. The number of hydrogen-bond acceptors (Lipinski definition) is 2. The highest BCUT2D eigenvalue weighted by Gasteiger charge is 2.27. The summed E-state index contributed by atoms with van der Waals surface area (Å²) in [5.74, 6) is 0. The number of hydrogen-bond donors (Lipinski definition) is 1. The monoisotopic (exact) mass is 183 g/mol. The van der Waals surface area contributed by atoms with E-state index in [4.69, 9.17) is 0 Å². The molecule has 1 N–H and O–H groups in total. The molecule has 1 fully saturated rings. The van der Waals surface area contributed by atoms with Crippen LogP contribution >= 0.6 is 0 Å². The van der Waals surface area contributed by atoms with Crippen LogP contribution in [0.2, 0.25) is 0 Å². The molecule has 0 aromatic carbocycles. The lowest BCUT2D eigenvalue weighted by molar-refractivity contribution is -0.137. The number of alkyl halides is 3. The SMILES string of the molecule is FCCC(F)C(F)OC1CNC1. The first kappa shape index (κ1) is 9.80. The third kappa shape index (κ3) is 2.64. The van der Waals surface area contributed by atoms with Crippen molar-refractivity contribution in [3.8, 4) is 0 Å². The van der Waals surface area contributed by atoms with Crippen LogP contribution in [-0.4, -0.2) is 38.4 Å². The molecule has 0 aliphatic carbocycles. The van der Waals surface area contributed by atoms with Gasteiger partial charge in [0.15, 0.2) is 6.17 Å². The summed E-state index contributed by atoms with van der Waals surface area (Å²) in [7, 11) is 0. The molecule has 0 radical (unpaired) electrons. The third-order valence-electron chi connectivity index (χ3n) is 1.74. The van der Waals surface area contributed by atoms with Gasteiger partial charge in [0.25, 0.3) is 0 Å². The standard InChI is InChI=1S/C7H12F3NO/c8-2-1-6(9)7(10)12-5-3-11-4-5/h5-7,11H,1-4H2. The van der Waals surface area contributed by atoms with E-state index in [-0.39, 0.29) is 6.10 Å². The lowest BCUT2D eigenvalue weighted by Gasteiger charge is -2.29. The van der Waals surface area contributed by atoms with Gasteiger partial charge < -0.3 is 10.1 Å². The molecule has 1 aliphatic heterocycles. The van der Waals surface area contributed by atoms with Crippen molar-refractivity contribution < 1.29 is 17.9 Å². The Morgan fingerprint density at radius 1 is 1.42 bits per heavy atom. The summed E-state index contributed by atoms with van der Waals surface area (Å²) < 4.78 is 41.4. The Labute approximate surface area is 69.1 Å². The fourth-order valence-corrected chi connectivity index (χ4v) is 0.863. The average molecular weight is 183 g/mol. The Balaban J connectivity index is 2.12. The number of ether oxygens (including phenoxy) is 1. The van der Waals surface area contributed by atoms with E-state index in [1.165, 1.54) is 0 Å². The maximum absolute atomic E-state index is 12.7. The predicted molar refractivity (Wildman–Crippen MR) is 38.1 cm³/mol. The first-order valence-electron chi connectivity index (χ1n) is 3.94. The first-order chi connectivity index (χ1) is 5.74. The zero-order chi connectivity index (χ0) is 8.97. The van der Waals surface area contributed by atoms with Crippen LogP contribution in [0.4, 0.5) is 13.2 Å². The first-order valence-corrected chi connectivity index (χ1v) is 3.94. The van der Waals surface area contributed by atoms with Gasteiger partial charge in [0.05, 0.1) is 12.8 Å². The second-order valence-corrected chi connectivity index (χ2v) is 2.76. The Morgan fingerprint density at radius 3 is 2.50 bits per heavy atom. The molecule has 5 heteroatoms. The molecule has 2 nitrogen and oxygen atoms in total. The Hall–Kier alpha value is -0.290. The Morgan fingerprint density at radius 2 is 2.08 bits per heavy atom. The van der Waals surface area contributed by atoms with E-state index in [1.807, 2.05) is 0 Å². The second kappa shape index (κ2) is 4.67.